The number of aromatic amines is 1. The van der Waals surface area contributed by atoms with E-state index in [0.29, 0.717) is 5.92 Å². The number of rotatable bonds is 3. The maximum Gasteiger partial charge on any atom is 0.152 e. The van der Waals surface area contributed by atoms with E-state index in [1.54, 1.807) is 7.11 Å². The van der Waals surface area contributed by atoms with Gasteiger partial charge in [0.15, 0.2) is 6.29 Å². The predicted octanol–water partition coefficient (Wildman–Crippen LogP) is 2.87. The number of carbonyl (C=O) groups is 1. The van der Waals surface area contributed by atoms with Gasteiger partial charge >= 0.3 is 0 Å². The average Bonchev–Trinajstić information content (AvgIpc) is 3.09. The molecule has 16 heavy (non-hydrogen) atoms. The summed E-state index contributed by atoms with van der Waals surface area (Å²) in [5.74, 6) is 1.34. The maximum atomic E-state index is 11.2. The van der Waals surface area contributed by atoms with Crippen molar-refractivity contribution in [3.63, 3.8) is 0 Å². The lowest BCUT2D eigenvalue weighted by Gasteiger charge is -1.98. The van der Waals surface area contributed by atoms with Gasteiger partial charge in [-0.3, -0.25) is 4.79 Å². The van der Waals surface area contributed by atoms with Gasteiger partial charge in [0.05, 0.1) is 7.11 Å². The third-order valence-electron chi connectivity index (χ3n) is 3.18. The Hall–Kier alpha value is -1.77. The van der Waals surface area contributed by atoms with Crippen LogP contribution in [0.25, 0.3) is 10.9 Å². The molecule has 1 fully saturated rings. The number of aromatic nitrogens is 1. The van der Waals surface area contributed by atoms with Crippen molar-refractivity contribution >= 4 is 17.2 Å². The Bertz CT molecular complexity index is 552. The van der Waals surface area contributed by atoms with Gasteiger partial charge in [0.2, 0.25) is 0 Å². The van der Waals surface area contributed by atoms with Crippen molar-refractivity contribution in [2.75, 3.05) is 7.11 Å². The number of fused-ring (bicyclic) bond motifs is 1. The summed E-state index contributed by atoms with van der Waals surface area (Å²) in [5, 5.41) is 0.969. The van der Waals surface area contributed by atoms with E-state index in [1.807, 2.05) is 18.2 Å². The molecule has 3 rings (SSSR count). The van der Waals surface area contributed by atoms with Crippen molar-refractivity contribution in [3.8, 4) is 5.75 Å². The van der Waals surface area contributed by atoms with Crippen LogP contribution in [0.1, 0.15) is 34.8 Å². The number of H-pyrrole nitrogens is 1. The molecule has 0 amide bonds. The van der Waals surface area contributed by atoms with E-state index < -0.39 is 0 Å². The van der Waals surface area contributed by atoms with Crippen LogP contribution in [0.2, 0.25) is 0 Å². The molecule has 2 aromatic rings. The average molecular weight is 215 g/mol. The third kappa shape index (κ3) is 1.32. The number of aldehydes is 1. The summed E-state index contributed by atoms with van der Waals surface area (Å²) in [7, 11) is 1.64. The largest absolute Gasteiger partial charge is 0.497 e. The number of ether oxygens (including phenoxy) is 1. The molecular weight excluding hydrogens is 202 g/mol. The number of hydrogen-bond acceptors (Lipinski definition) is 2. The highest BCUT2D eigenvalue weighted by molar-refractivity contribution is 5.99. The predicted molar refractivity (Wildman–Crippen MR) is 62.2 cm³/mol. The molecule has 0 aliphatic heterocycles. The van der Waals surface area contributed by atoms with Crippen molar-refractivity contribution in [1.29, 1.82) is 0 Å². The van der Waals surface area contributed by atoms with Gasteiger partial charge in [0.1, 0.15) is 5.75 Å². The summed E-state index contributed by atoms with van der Waals surface area (Å²) < 4.78 is 5.18. The molecule has 1 aromatic carbocycles. The van der Waals surface area contributed by atoms with Crippen molar-refractivity contribution in [2.24, 2.45) is 0 Å². The van der Waals surface area contributed by atoms with Crippen LogP contribution in [0.4, 0.5) is 0 Å². The molecule has 3 heteroatoms. The van der Waals surface area contributed by atoms with Crippen LogP contribution in [0.3, 0.4) is 0 Å². The molecule has 0 saturated heterocycles. The van der Waals surface area contributed by atoms with E-state index >= 15 is 0 Å². The molecule has 1 saturated carbocycles. The smallest absolute Gasteiger partial charge is 0.152 e. The Labute approximate surface area is 93.4 Å². The zero-order chi connectivity index (χ0) is 11.1. The molecule has 0 radical (unpaired) electrons. The summed E-state index contributed by atoms with van der Waals surface area (Å²) in [5.41, 5.74) is 2.92. The first-order chi connectivity index (χ1) is 7.83. The molecule has 0 unspecified atom stereocenters. The minimum Gasteiger partial charge on any atom is -0.497 e. The zero-order valence-corrected chi connectivity index (χ0v) is 9.12. The SMILES string of the molecule is COc1ccc2[nH]c(C3CC3)c(C=O)c2c1. The quantitative estimate of drug-likeness (QED) is 0.800. The summed E-state index contributed by atoms with van der Waals surface area (Å²) in [6.45, 7) is 0. The fourth-order valence-electron chi connectivity index (χ4n) is 2.16. The molecule has 1 aliphatic carbocycles. The Morgan fingerprint density at radius 3 is 2.88 bits per heavy atom. The van der Waals surface area contributed by atoms with Crippen LogP contribution in [-0.2, 0) is 0 Å². The van der Waals surface area contributed by atoms with E-state index in [-0.39, 0.29) is 0 Å². The van der Waals surface area contributed by atoms with Crippen LogP contribution in [-0.4, -0.2) is 18.4 Å². The van der Waals surface area contributed by atoms with Gasteiger partial charge in [-0.2, -0.15) is 0 Å². The second-order valence-electron chi connectivity index (χ2n) is 4.26. The lowest BCUT2D eigenvalue weighted by molar-refractivity contribution is 0.112. The second kappa shape index (κ2) is 3.37. The topological polar surface area (TPSA) is 42.1 Å². The van der Waals surface area contributed by atoms with Crippen LogP contribution in [0, 0.1) is 0 Å². The number of hydrogen-bond donors (Lipinski definition) is 1. The van der Waals surface area contributed by atoms with Gasteiger partial charge in [-0.15, -0.1) is 0 Å². The van der Waals surface area contributed by atoms with E-state index in [2.05, 4.69) is 4.98 Å². The highest BCUT2D eigenvalue weighted by Crippen LogP contribution is 2.42. The van der Waals surface area contributed by atoms with Gasteiger partial charge in [-0.25, -0.2) is 0 Å². The molecule has 0 atom stereocenters. The normalized spacial score (nSPS) is 15.3. The summed E-state index contributed by atoms with van der Waals surface area (Å²) >= 11 is 0. The first kappa shape index (κ1) is 9.46. The Kier molecular flexibility index (Phi) is 1.99. The first-order valence-corrected chi connectivity index (χ1v) is 5.48. The Morgan fingerprint density at radius 1 is 1.44 bits per heavy atom. The molecule has 1 aliphatic rings. The highest BCUT2D eigenvalue weighted by Gasteiger charge is 2.28. The van der Waals surface area contributed by atoms with Crippen LogP contribution in [0.15, 0.2) is 18.2 Å². The fraction of sp³-hybridized carbons (Fsp3) is 0.308. The summed E-state index contributed by atoms with van der Waals surface area (Å²) in [6.07, 6.45) is 3.32. The number of methoxy groups -OCH3 is 1. The van der Waals surface area contributed by atoms with E-state index in [4.69, 9.17) is 4.74 Å². The van der Waals surface area contributed by atoms with Crippen molar-refractivity contribution in [2.45, 2.75) is 18.8 Å². The lowest BCUT2D eigenvalue weighted by atomic mass is 10.1. The second-order valence-corrected chi connectivity index (χ2v) is 4.26. The van der Waals surface area contributed by atoms with Gasteiger partial charge in [0, 0.05) is 22.2 Å². The standard InChI is InChI=1S/C13H13NO2/c1-16-9-4-5-12-10(6-9)11(7-15)13(14-12)8-2-3-8/h4-8,14H,2-3H2,1H3. The molecule has 3 nitrogen and oxygen atoms in total. The molecule has 0 bridgehead atoms. The molecule has 1 aromatic heterocycles. The molecule has 82 valence electrons. The van der Waals surface area contributed by atoms with Crippen molar-refractivity contribution in [1.82, 2.24) is 4.98 Å². The van der Waals surface area contributed by atoms with Crippen molar-refractivity contribution < 1.29 is 9.53 Å². The molecule has 0 spiro atoms. The van der Waals surface area contributed by atoms with Crippen LogP contribution in [0.5, 0.6) is 5.75 Å². The number of benzene rings is 1. The van der Waals surface area contributed by atoms with E-state index in [0.717, 1.165) is 34.2 Å². The summed E-state index contributed by atoms with van der Waals surface area (Å²) in [6, 6.07) is 5.79. The highest BCUT2D eigenvalue weighted by atomic mass is 16.5. The molecular formula is C13H13NO2. The summed E-state index contributed by atoms with van der Waals surface area (Å²) in [4.78, 5) is 14.5. The number of carbonyl (C=O) groups excluding carboxylic acids is 1. The van der Waals surface area contributed by atoms with Gasteiger partial charge in [-0.05, 0) is 37.0 Å². The molecule has 1 heterocycles. The first-order valence-electron chi connectivity index (χ1n) is 5.48. The van der Waals surface area contributed by atoms with Gasteiger partial charge < -0.3 is 9.72 Å². The zero-order valence-electron chi connectivity index (χ0n) is 9.12. The number of nitrogens with one attached hydrogen (secondary N) is 1. The van der Waals surface area contributed by atoms with Gasteiger partial charge in [-0.1, -0.05) is 0 Å². The van der Waals surface area contributed by atoms with Crippen LogP contribution < -0.4 is 4.74 Å². The molecule has 1 N–H and O–H groups in total. The van der Waals surface area contributed by atoms with Gasteiger partial charge in [0.25, 0.3) is 0 Å². The monoisotopic (exact) mass is 215 g/mol. The van der Waals surface area contributed by atoms with E-state index in [9.17, 15) is 4.79 Å². The minimum atomic E-state index is 0.554. The van der Waals surface area contributed by atoms with Crippen LogP contribution >= 0.6 is 0 Å². The van der Waals surface area contributed by atoms with E-state index in [1.165, 1.54) is 12.8 Å². The maximum absolute atomic E-state index is 11.2. The minimum absolute atomic E-state index is 0.554. The third-order valence-corrected chi connectivity index (χ3v) is 3.18. The van der Waals surface area contributed by atoms with Crippen molar-refractivity contribution in [3.05, 3.63) is 29.5 Å². The Morgan fingerprint density at radius 2 is 2.25 bits per heavy atom. The fourth-order valence-corrected chi connectivity index (χ4v) is 2.16. The Balaban J connectivity index is 2.25. The lowest BCUT2D eigenvalue weighted by Crippen LogP contribution is -1.86.